The van der Waals surface area contributed by atoms with E-state index in [1.54, 1.807) is 0 Å². The Kier molecular flexibility index (Phi) is 3.09. The van der Waals surface area contributed by atoms with Crippen LogP contribution >= 0.6 is 0 Å². The highest BCUT2D eigenvalue weighted by atomic mass is 16.1. The zero-order valence-corrected chi connectivity index (χ0v) is 7.34. The van der Waals surface area contributed by atoms with Crippen LogP contribution in [0.25, 0.3) is 0 Å². The molecule has 1 rings (SSSR count). The summed E-state index contributed by atoms with van der Waals surface area (Å²) in [5, 5.41) is 11.1. The van der Waals surface area contributed by atoms with E-state index in [1.165, 1.54) is 6.42 Å². The summed E-state index contributed by atoms with van der Waals surface area (Å²) in [5.74, 6) is 0.592. The molecule has 1 fully saturated rings. The minimum absolute atomic E-state index is 0.00905. The molecule has 0 aromatic carbocycles. The maximum absolute atomic E-state index is 11.0. The monoisotopic (exact) mass is 166 g/mol. The van der Waals surface area contributed by atoms with Crippen LogP contribution in [0.15, 0.2) is 0 Å². The zero-order valence-electron chi connectivity index (χ0n) is 7.34. The van der Waals surface area contributed by atoms with Crippen molar-refractivity contribution in [1.29, 1.82) is 5.26 Å². The number of hydrogen-bond donors (Lipinski definition) is 1. The quantitative estimate of drug-likeness (QED) is 0.670. The molecule has 0 aliphatic heterocycles. The van der Waals surface area contributed by atoms with Crippen LogP contribution in [-0.2, 0) is 4.79 Å². The Balaban J connectivity index is 2.24. The van der Waals surface area contributed by atoms with Gasteiger partial charge in [-0.15, -0.1) is 0 Å². The fourth-order valence-electron chi connectivity index (χ4n) is 1.69. The smallest absolute Gasteiger partial charge is 0.234 e. The summed E-state index contributed by atoms with van der Waals surface area (Å²) in [6.45, 7) is 2.19. The van der Waals surface area contributed by atoms with Gasteiger partial charge in [0.05, 0.1) is 6.07 Å². The number of rotatable bonds is 2. The first-order valence-electron chi connectivity index (χ1n) is 4.38. The summed E-state index contributed by atoms with van der Waals surface area (Å²) >= 11 is 0. The first kappa shape index (κ1) is 9.05. The van der Waals surface area contributed by atoms with Crippen molar-refractivity contribution < 1.29 is 4.79 Å². The zero-order chi connectivity index (χ0) is 8.97. The average Bonchev–Trinajstić information content (AvgIpc) is 2.36. The first-order chi connectivity index (χ1) is 5.72. The van der Waals surface area contributed by atoms with Crippen molar-refractivity contribution in [1.82, 2.24) is 5.32 Å². The van der Waals surface area contributed by atoms with Crippen LogP contribution in [0.3, 0.4) is 0 Å². The second kappa shape index (κ2) is 4.10. The van der Waals surface area contributed by atoms with Crippen molar-refractivity contribution in [2.45, 2.75) is 38.6 Å². The maximum atomic E-state index is 11.0. The normalized spacial score (nSPS) is 28.0. The molecule has 2 atom stereocenters. The standard InChI is InChI=1S/C9H14N2O/c1-7-2-3-8(6-7)11-9(12)4-5-10/h7-8H,2-4,6H2,1H3,(H,11,12). The summed E-state index contributed by atoms with van der Waals surface area (Å²) in [5.41, 5.74) is 0. The van der Waals surface area contributed by atoms with E-state index in [9.17, 15) is 4.79 Å². The number of hydrogen-bond acceptors (Lipinski definition) is 2. The predicted octanol–water partition coefficient (Wildman–Crippen LogP) is 1.20. The molecule has 0 aromatic heterocycles. The van der Waals surface area contributed by atoms with Crippen LogP contribution < -0.4 is 5.32 Å². The van der Waals surface area contributed by atoms with Crippen molar-refractivity contribution in [2.24, 2.45) is 5.92 Å². The van der Waals surface area contributed by atoms with Gasteiger partial charge in [-0.05, 0) is 25.2 Å². The van der Waals surface area contributed by atoms with Crippen molar-refractivity contribution in [3.8, 4) is 6.07 Å². The maximum Gasteiger partial charge on any atom is 0.234 e. The molecule has 2 unspecified atom stereocenters. The van der Waals surface area contributed by atoms with Crippen LogP contribution in [0.2, 0.25) is 0 Å². The van der Waals surface area contributed by atoms with E-state index in [0.717, 1.165) is 18.8 Å². The molecule has 1 saturated carbocycles. The van der Waals surface area contributed by atoms with E-state index in [2.05, 4.69) is 12.2 Å². The predicted molar refractivity (Wildman–Crippen MR) is 45.2 cm³/mol. The van der Waals surface area contributed by atoms with Gasteiger partial charge in [-0.3, -0.25) is 4.79 Å². The fraction of sp³-hybridized carbons (Fsp3) is 0.778. The molecule has 0 radical (unpaired) electrons. The molecule has 1 aliphatic rings. The molecular weight excluding hydrogens is 152 g/mol. The summed E-state index contributed by atoms with van der Waals surface area (Å²) < 4.78 is 0. The second-order valence-corrected chi connectivity index (χ2v) is 3.52. The Morgan fingerprint density at radius 1 is 1.67 bits per heavy atom. The number of nitrogens with one attached hydrogen (secondary N) is 1. The first-order valence-corrected chi connectivity index (χ1v) is 4.38. The van der Waals surface area contributed by atoms with E-state index in [1.807, 2.05) is 6.07 Å². The molecule has 3 nitrogen and oxygen atoms in total. The lowest BCUT2D eigenvalue weighted by molar-refractivity contribution is -0.120. The number of carbonyl (C=O) groups excluding carboxylic acids is 1. The van der Waals surface area contributed by atoms with Gasteiger partial charge < -0.3 is 5.32 Å². The van der Waals surface area contributed by atoms with E-state index >= 15 is 0 Å². The van der Waals surface area contributed by atoms with Crippen molar-refractivity contribution in [3.63, 3.8) is 0 Å². The van der Waals surface area contributed by atoms with Crippen molar-refractivity contribution in [2.75, 3.05) is 0 Å². The van der Waals surface area contributed by atoms with E-state index in [0.29, 0.717) is 6.04 Å². The van der Waals surface area contributed by atoms with Gasteiger partial charge in [-0.25, -0.2) is 0 Å². The van der Waals surface area contributed by atoms with Crippen LogP contribution in [0.1, 0.15) is 32.6 Å². The number of carbonyl (C=O) groups is 1. The summed E-state index contributed by atoms with van der Waals surface area (Å²) in [6, 6.07) is 2.16. The molecule has 0 bridgehead atoms. The molecule has 1 aliphatic carbocycles. The Labute approximate surface area is 72.8 Å². The average molecular weight is 166 g/mol. The van der Waals surface area contributed by atoms with Gasteiger partial charge in [0.2, 0.25) is 5.91 Å². The molecule has 0 heterocycles. The molecule has 1 amide bonds. The van der Waals surface area contributed by atoms with Gasteiger partial charge in [0, 0.05) is 6.04 Å². The highest BCUT2D eigenvalue weighted by Gasteiger charge is 2.22. The fourth-order valence-corrected chi connectivity index (χ4v) is 1.69. The number of amides is 1. The Morgan fingerprint density at radius 3 is 2.92 bits per heavy atom. The minimum Gasteiger partial charge on any atom is -0.352 e. The van der Waals surface area contributed by atoms with Crippen LogP contribution in [0.5, 0.6) is 0 Å². The van der Waals surface area contributed by atoms with E-state index in [4.69, 9.17) is 5.26 Å². The van der Waals surface area contributed by atoms with Crippen LogP contribution in [-0.4, -0.2) is 11.9 Å². The third kappa shape index (κ3) is 2.54. The number of nitrogens with zero attached hydrogens (tertiary/aromatic N) is 1. The Hall–Kier alpha value is -1.04. The minimum atomic E-state index is -0.128. The van der Waals surface area contributed by atoms with Gasteiger partial charge in [0.15, 0.2) is 0 Å². The largest absolute Gasteiger partial charge is 0.352 e. The van der Waals surface area contributed by atoms with Gasteiger partial charge >= 0.3 is 0 Å². The van der Waals surface area contributed by atoms with Gasteiger partial charge in [0.1, 0.15) is 6.42 Å². The molecule has 0 saturated heterocycles. The highest BCUT2D eigenvalue weighted by Crippen LogP contribution is 2.24. The lowest BCUT2D eigenvalue weighted by Gasteiger charge is -2.10. The lowest BCUT2D eigenvalue weighted by atomic mass is 10.1. The molecule has 0 aromatic rings. The van der Waals surface area contributed by atoms with Gasteiger partial charge in [-0.2, -0.15) is 5.26 Å². The van der Waals surface area contributed by atoms with E-state index in [-0.39, 0.29) is 12.3 Å². The van der Waals surface area contributed by atoms with Crippen molar-refractivity contribution in [3.05, 3.63) is 0 Å². The summed E-state index contributed by atoms with van der Waals surface area (Å²) in [7, 11) is 0. The highest BCUT2D eigenvalue weighted by molar-refractivity contribution is 5.78. The molecule has 66 valence electrons. The third-order valence-electron chi connectivity index (χ3n) is 2.30. The molecule has 1 N–H and O–H groups in total. The Bertz CT molecular complexity index is 207. The third-order valence-corrected chi connectivity index (χ3v) is 2.30. The van der Waals surface area contributed by atoms with Crippen molar-refractivity contribution >= 4 is 5.91 Å². The second-order valence-electron chi connectivity index (χ2n) is 3.52. The van der Waals surface area contributed by atoms with Crippen LogP contribution in [0.4, 0.5) is 0 Å². The summed E-state index contributed by atoms with van der Waals surface area (Å²) in [6.07, 6.45) is 3.32. The molecule has 12 heavy (non-hydrogen) atoms. The SMILES string of the molecule is CC1CCC(NC(=O)CC#N)C1. The lowest BCUT2D eigenvalue weighted by Crippen LogP contribution is -2.32. The van der Waals surface area contributed by atoms with Crippen LogP contribution in [0, 0.1) is 17.2 Å². The Morgan fingerprint density at radius 2 is 2.42 bits per heavy atom. The number of nitriles is 1. The van der Waals surface area contributed by atoms with E-state index < -0.39 is 0 Å². The molecule has 3 heteroatoms. The topological polar surface area (TPSA) is 52.9 Å². The molecule has 0 spiro atoms. The van der Waals surface area contributed by atoms with Gasteiger partial charge in [-0.1, -0.05) is 6.92 Å². The van der Waals surface area contributed by atoms with Gasteiger partial charge in [0.25, 0.3) is 0 Å². The summed E-state index contributed by atoms with van der Waals surface area (Å²) in [4.78, 5) is 11.0. The molecular formula is C9H14N2O.